The van der Waals surface area contributed by atoms with Gasteiger partial charge in [-0.15, -0.1) is 10.2 Å². The van der Waals surface area contributed by atoms with Crippen LogP contribution in [0.4, 0.5) is 22.1 Å². The van der Waals surface area contributed by atoms with Crippen LogP contribution < -0.4 is 15.1 Å². The molecule has 0 aliphatic carbocycles. The Morgan fingerprint density at radius 3 is 2.18 bits per heavy atom. The second-order valence-electron chi connectivity index (χ2n) is 13.0. The molecule has 2 aliphatic heterocycles. The molecule has 4 aromatic heterocycles. The molecule has 3 amide bonds. The summed E-state index contributed by atoms with van der Waals surface area (Å²) in [6, 6.07) is 16.5. The van der Waals surface area contributed by atoms with Crippen LogP contribution in [-0.2, 0) is 6.42 Å². The maximum Gasteiger partial charge on any atom is 0.322 e. The summed E-state index contributed by atoms with van der Waals surface area (Å²) >= 11 is 0. The molecule has 15 nitrogen and oxygen atoms in total. The average Bonchev–Trinajstić information content (AvgIpc) is 3.65. The molecule has 2 unspecified atom stereocenters. The van der Waals surface area contributed by atoms with Crippen LogP contribution in [-0.4, -0.2) is 99.4 Å². The highest BCUT2D eigenvalue weighted by atomic mass is 16.5. The summed E-state index contributed by atoms with van der Waals surface area (Å²) in [5.74, 6) is 2.13. The van der Waals surface area contributed by atoms with E-state index in [0.29, 0.717) is 81.8 Å². The molecule has 2 aliphatic rings. The van der Waals surface area contributed by atoms with Gasteiger partial charge in [0, 0.05) is 70.3 Å². The number of pyridine rings is 2. The number of nitrogens with zero attached hydrogens (tertiary/aromatic N) is 11. The standard InChI is InChI=1S/C36H40N12O3/c1-25(19-30-20-32(51-44-30)35(49)47-15-11-45(12-16-47)33-9-5-27(21-37)23-40-33)3-4-26(2)31-8-6-29(24-39-31)41-36(50)48-17-13-46(14-18-48)34-10-7-28(22-38)42-43-34/h5-10,20,23-26H,3-4,11-19H2,1-2H3,(H,41,50). The molecule has 2 fully saturated rings. The normalized spacial score (nSPS) is 15.8. The Labute approximate surface area is 296 Å². The van der Waals surface area contributed by atoms with Crippen LogP contribution in [0.15, 0.2) is 59.4 Å². The van der Waals surface area contributed by atoms with Crippen LogP contribution in [0.5, 0.6) is 0 Å². The highest BCUT2D eigenvalue weighted by molar-refractivity contribution is 5.91. The maximum atomic E-state index is 13.1. The smallest absolute Gasteiger partial charge is 0.322 e. The Balaban J connectivity index is 0.902. The Kier molecular flexibility index (Phi) is 11.0. The number of carbonyl (C=O) groups is 2. The summed E-state index contributed by atoms with van der Waals surface area (Å²) in [4.78, 5) is 42.7. The van der Waals surface area contributed by atoms with Gasteiger partial charge in [0.2, 0.25) is 5.76 Å². The van der Waals surface area contributed by atoms with Gasteiger partial charge in [0.05, 0.1) is 23.1 Å². The molecule has 6 heterocycles. The van der Waals surface area contributed by atoms with E-state index in [4.69, 9.17) is 15.0 Å². The number of nitriles is 2. The lowest BCUT2D eigenvalue weighted by atomic mass is 9.93. The van der Waals surface area contributed by atoms with Crippen molar-refractivity contribution in [2.45, 2.75) is 39.0 Å². The number of nitrogens with one attached hydrogen (secondary N) is 1. The number of anilines is 3. The van der Waals surface area contributed by atoms with Crippen molar-refractivity contribution in [1.82, 2.24) is 35.1 Å². The Morgan fingerprint density at radius 1 is 0.824 bits per heavy atom. The van der Waals surface area contributed by atoms with Gasteiger partial charge in [-0.3, -0.25) is 9.78 Å². The molecular formula is C36H40N12O3. The lowest BCUT2D eigenvalue weighted by molar-refractivity contribution is 0.0704. The van der Waals surface area contributed by atoms with E-state index < -0.39 is 0 Å². The van der Waals surface area contributed by atoms with Crippen LogP contribution in [0.3, 0.4) is 0 Å². The highest BCUT2D eigenvalue weighted by Gasteiger charge is 2.26. The van der Waals surface area contributed by atoms with Crippen LogP contribution in [0.25, 0.3) is 0 Å². The highest BCUT2D eigenvalue weighted by Crippen LogP contribution is 2.25. The molecule has 2 saturated heterocycles. The molecule has 1 N–H and O–H groups in total. The van der Waals surface area contributed by atoms with E-state index in [0.717, 1.165) is 30.0 Å². The van der Waals surface area contributed by atoms with Gasteiger partial charge in [-0.25, -0.2) is 9.78 Å². The summed E-state index contributed by atoms with van der Waals surface area (Å²) < 4.78 is 5.46. The topological polar surface area (TPSA) is 184 Å². The lowest BCUT2D eigenvalue weighted by Gasteiger charge is -2.35. The number of aromatic nitrogens is 5. The molecular weight excluding hydrogens is 648 g/mol. The van der Waals surface area contributed by atoms with Gasteiger partial charge in [0.15, 0.2) is 11.5 Å². The molecule has 0 aromatic carbocycles. The predicted octanol–water partition coefficient (Wildman–Crippen LogP) is 4.08. The molecule has 0 spiro atoms. The van der Waals surface area contributed by atoms with E-state index in [1.165, 1.54) is 0 Å². The number of hydrogen-bond acceptors (Lipinski definition) is 12. The summed E-state index contributed by atoms with van der Waals surface area (Å²) in [5.41, 5.74) is 3.16. The summed E-state index contributed by atoms with van der Waals surface area (Å²) in [7, 11) is 0. The molecule has 2 atom stereocenters. The summed E-state index contributed by atoms with van der Waals surface area (Å²) in [5, 5.41) is 33.1. The molecule has 51 heavy (non-hydrogen) atoms. The minimum Gasteiger partial charge on any atom is -0.353 e. The van der Waals surface area contributed by atoms with E-state index in [-0.39, 0.29) is 29.3 Å². The lowest BCUT2D eigenvalue weighted by Crippen LogP contribution is -2.50. The average molecular weight is 689 g/mol. The van der Waals surface area contributed by atoms with Crippen molar-refractivity contribution in [3.63, 3.8) is 0 Å². The maximum absolute atomic E-state index is 13.1. The van der Waals surface area contributed by atoms with E-state index >= 15 is 0 Å². The molecule has 0 bridgehead atoms. The van der Waals surface area contributed by atoms with Gasteiger partial charge in [0.1, 0.15) is 18.0 Å². The van der Waals surface area contributed by atoms with Crippen LogP contribution in [0.1, 0.15) is 65.8 Å². The van der Waals surface area contributed by atoms with Crippen LogP contribution in [0, 0.1) is 28.6 Å². The van der Waals surface area contributed by atoms with E-state index in [9.17, 15) is 9.59 Å². The molecule has 15 heteroatoms. The predicted molar refractivity (Wildman–Crippen MR) is 188 cm³/mol. The minimum atomic E-state index is -0.172. The van der Waals surface area contributed by atoms with Crippen molar-refractivity contribution < 1.29 is 14.1 Å². The van der Waals surface area contributed by atoms with Crippen molar-refractivity contribution in [2.24, 2.45) is 5.92 Å². The second kappa shape index (κ2) is 16.1. The zero-order chi connectivity index (χ0) is 35.7. The zero-order valence-electron chi connectivity index (χ0n) is 28.8. The molecule has 6 rings (SSSR count). The monoisotopic (exact) mass is 688 g/mol. The van der Waals surface area contributed by atoms with Crippen molar-refractivity contribution in [2.75, 3.05) is 67.5 Å². The van der Waals surface area contributed by atoms with Gasteiger partial charge in [-0.1, -0.05) is 19.0 Å². The van der Waals surface area contributed by atoms with E-state index in [2.05, 4.69) is 55.5 Å². The molecule has 262 valence electrons. The fourth-order valence-corrected chi connectivity index (χ4v) is 6.25. The number of rotatable bonds is 10. The number of carbonyl (C=O) groups excluding carboxylic acids is 2. The van der Waals surface area contributed by atoms with Crippen molar-refractivity contribution in [3.8, 4) is 12.1 Å². The fraction of sp³-hybridized carbons (Fsp3) is 0.417. The Morgan fingerprint density at radius 2 is 1.55 bits per heavy atom. The van der Waals surface area contributed by atoms with Gasteiger partial charge in [0.25, 0.3) is 5.91 Å². The Hall–Kier alpha value is -6.09. The molecule has 0 radical (unpaired) electrons. The van der Waals surface area contributed by atoms with Gasteiger partial charge in [-0.2, -0.15) is 10.5 Å². The number of piperazine rings is 2. The minimum absolute atomic E-state index is 0.161. The zero-order valence-corrected chi connectivity index (χ0v) is 28.8. The Bertz CT molecular complexity index is 1870. The first kappa shape index (κ1) is 34.8. The number of urea groups is 1. The molecule has 4 aromatic rings. The quantitative estimate of drug-likeness (QED) is 0.252. The third kappa shape index (κ3) is 8.75. The number of hydrogen-bond donors (Lipinski definition) is 1. The van der Waals surface area contributed by atoms with Crippen molar-refractivity contribution >= 4 is 29.3 Å². The summed E-state index contributed by atoms with van der Waals surface area (Å²) in [6.45, 7) is 9.01. The van der Waals surface area contributed by atoms with Crippen LogP contribution in [0.2, 0.25) is 0 Å². The van der Waals surface area contributed by atoms with Gasteiger partial charge >= 0.3 is 6.03 Å². The molecule has 0 saturated carbocycles. The van der Waals surface area contributed by atoms with Crippen LogP contribution >= 0.6 is 0 Å². The number of amides is 3. The first-order valence-electron chi connectivity index (χ1n) is 17.2. The summed E-state index contributed by atoms with van der Waals surface area (Å²) in [6.07, 6.45) is 5.84. The second-order valence-corrected chi connectivity index (χ2v) is 13.0. The SMILES string of the molecule is CC(CCC(C)c1ccc(NC(=O)N2CCN(c3ccc(C#N)nn3)CC2)cn1)Cc1cc(C(=O)N2CCN(c3ccc(C#N)cn3)CC2)on1. The van der Waals surface area contributed by atoms with Gasteiger partial charge in [-0.05, 0) is 67.5 Å². The van der Waals surface area contributed by atoms with E-state index in [1.54, 1.807) is 46.5 Å². The third-order valence-corrected chi connectivity index (χ3v) is 9.39. The van der Waals surface area contributed by atoms with Gasteiger partial charge < -0.3 is 29.4 Å². The van der Waals surface area contributed by atoms with Crippen molar-refractivity contribution in [1.29, 1.82) is 10.5 Å². The first-order chi connectivity index (χ1) is 24.8. The first-order valence-corrected chi connectivity index (χ1v) is 17.2. The van der Waals surface area contributed by atoms with E-state index in [1.807, 2.05) is 29.2 Å². The van der Waals surface area contributed by atoms with Crippen molar-refractivity contribution in [3.05, 3.63) is 83.3 Å². The largest absolute Gasteiger partial charge is 0.353 e. The fourth-order valence-electron chi connectivity index (χ4n) is 6.25. The third-order valence-electron chi connectivity index (χ3n) is 9.39.